The summed E-state index contributed by atoms with van der Waals surface area (Å²) >= 11 is 7.90. The molecule has 4 nitrogen and oxygen atoms in total. The number of pyridine rings is 1. The average Bonchev–Trinajstić information content (AvgIpc) is 3.14. The molecule has 0 saturated heterocycles. The number of nitrogens with two attached hydrogens (primary N) is 1. The molecular formula is C18H18ClN3OS. The maximum Gasteiger partial charge on any atom is 0.177 e. The van der Waals surface area contributed by atoms with Gasteiger partial charge < -0.3 is 15.5 Å². The van der Waals surface area contributed by atoms with Gasteiger partial charge in [0.1, 0.15) is 16.4 Å². The van der Waals surface area contributed by atoms with Crippen molar-refractivity contribution >= 4 is 39.7 Å². The van der Waals surface area contributed by atoms with Crippen LogP contribution in [0.2, 0.25) is 5.15 Å². The molecule has 0 saturated carbocycles. The largest absolute Gasteiger partial charge is 0.456 e. The van der Waals surface area contributed by atoms with E-state index in [9.17, 15) is 0 Å². The van der Waals surface area contributed by atoms with Gasteiger partial charge in [-0.1, -0.05) is 23.6 Å². The van der Waals surface area contributed by atoms with Crippen LogP contribution in [-0.4, -0.2) is 11.0 Å². The summed E-state index contributed by atoms with van der Waals surface area (Å²) in [6, 6.07) is 5.86. The van der Waals surface area contributed by atoms with E-state index in [1.54, 1.807) is 24.3 Å². The summed E-state index contributed by atoms with van der Waals surface area (Å²) in [5.74, 6) is 6.75. The van der Waals surface area contributed by atoms with E-state index in [0.717, 1.165) is 17.0 Å². The summed E-state index contributed by atoms with van der Waals surface area (Å²) in [6.45, 7) is 4.42. The quantitative estimate of drug-likeness (QED) is 0.523. The van der Waals surface area contributed by atoms with Crippen molar-refractivity contribution in [2.24, 2.45) is 5.73 Å². The lowest BCUT2D eigenvalue weighted by Crippen LogP contribution is -2.17. The van der Waals surface area contributed by atoms with Crippen molar-refractivity contribution in [3.8, 4) is 11.8 Å². The number of rotatable bonds is 5. The summed E-state index contributed by atoms with van der Waals surface area (Å²) in [5, 5.41) is 5.84. The van der Waals surface area contributed by atoms with E-state index < -0.39 is 0 Å². The Hall–Kier alpha value is -2.00. The molecule has 0 spiro atoms. The number of hydrogen-bond acceptors (Lipinski definition) is 5. The van der Waals surface area contributed by atoms with Crippen LogP contribution in [0, 0.1) is 11.8 Å². The van der Waals surface area contributed by atoms with Crippen LogP contribution in [-0.2, 0) is 13.0 Å². The summed E-state index contributed by atoms with van der Waals surface area (Å²) in [5.41, 5.74) is 8.87. The number of halogens is 1. The molecule has 24 heavy (non-hydrogen) atoms. The average molecular weight is 360 g/mol. The van der Waals surface area contributed by atoms with Crippen molar-refractivity contribution in [1.82, 2.24) is 4.98 Å². The van der Waals surface area contributed by atoms with E-state index in [4.69, 9.17) is 21.8 Å². The standard InChI is InChI=1S/C18H18ClN3OS/c1-3-5-13-15(8-11(2)20)23-18-14(9-16(19)22-17(13)18)21-10-12-6-4-7-24-12/h4,6-7,9,11H,8,10,20H2,1-2H3,(H,21,22)/t11-/m0/s1. The highest BCUT2D eigenvalue weighted by Crippen LogP contribution is 2.33. The van der Waals surface area contributed by atoms with Crippen LogP contribution >= 0.6 is 22.9 Å². The summed E-state index contributed by atoms with van der Waals surface area (Å²) in [4.78, 5) is 5.65. The van der Waals surface area contributed by atoms with Crippen molar-refractivity contribution in [2.45, 2.75) is 32.9 Å². The van der Waals surface area contributed by atoms with E-state index in [1.165, 1.54) is 4.88 Å². The highest BCUT2D eigenvalue weighted by atomic mass is 35.5. The molecule has 0 aliphatic rings. The first-order valence-electron chi connectivity index (χ1n) is 7.65. The van der Waals surface area contributed by atoms with Gasteiger partial charge in [0.05, 0.1) is 11.3 Å². The first-order chi connectivity index (χ1) is 11.6. The molecule has 0 aromatic carbocycles. The minimum absolute atomic E-state index is 0.0269. The molecular weight excluding hydrogens is 342 g/mol. The topological polar surface area (TPSA) is 64.1 Å². The number of aromatic nitrogens is 1. The lowest BCUT2D eigenvalue weighted by atomic mass is 10.1. The van der Waals surface area contributed by atoms with Crippen LogP contribution in [0.4, 0.5) is 5.69 Å². The van der Waals surface area contributed by atoms with E-state index in [-0.39, 0.29) is 6.04 Å². The molecule has 3 N–H and O–H groups in total. The van der Waals surface area contributed by atoms with Gasteiger partial charge in [-0.2, -0.15) is 0 Å². The minimum atomic E-state index is -0.0269. The molecule has 0 amide bonds. The Labute approximate surface area is 150 Å². The molecule has 0 fully saturated rings. The van der Waals surface area contributed by atoms with Gasteiger partial charge in [-0.25, -0.2) is 4.98 Å². The molecule has 6 heteroatoms. The van der Waals surface area contributed by atoms with Crippen LogP contribution in [0.1, 0.15) is 30.0 Å². The van der Waals surface area contributed by atoms with Crippen molar-refractivity contribution in [3.63, 3.8) is 0 Å². The second kappa shape index (κ2) is 7.27. The number of nitrogens with one attached hydrogen (secondary N) is 1. The van der Waals surface area contributed by atoms with Crippen molar-refractivity contribution in [2.75, 3.05) is 5.32 Å². The van der Waals surface area contributed by atoms with E-state index in [1.807, 2.05) is 13.0 Å². The molecule has 3 aromatic heterocycles. The van der Waals surface area contributed by atoms with Crippen LogP contribution in [0.25, 0.3) is 11.1 Å². The Morgan fingerprint density at radius 1 is 1.50 bits per heavy atom. The Balaban J connectivity index is 2.06. The van der Waals surface area contributed by atoms with Gasteiger partial charge >= 0.3 is 0 Å². The van der Waals surface area contributed by atoms with E-state index in [2.05, 4.69) is 33.6 Å². The van der Waals surface area contributed by atoms with Crippen molar-refractivity contribution in [1.29, 1.82) is 0 Å². The molecule has 3 heterocycles. The number of thiophene rings is 1. The summed E-state index contributed by atoms with van der Waals surface area (Å²) < 4.78 is 6.06. The molecule has 3 rings (SSSR count). The summed E-state index contributed by atoms with van der Waals surface area (Å²) in [6.07, 6.45) is 0.600. The normalized spacial score (nSPS) is 12.0. The third-order valence-electron chi connectivity index (χ3n) is 3.47. The monoisotopic (exact) mass is 359 g/mol. The van der Waals surface area contributed by atoms with Gasteiger partial charge in [-0.05, 0) is 25.3 Å². The highest BCUT2D eigenvalue weighted by molar-refractivity contribution is 7.09. The number of hydrogen-bond donors (Lipinski definition) is 2. The first-order valence-corrected chi connectivity index (χ1v) is 8.90. The van der Waals surface area contributed by atoms with Gasteiger partial charge in [-0.3, -0.25) is 0 Å². The lowest BCUT2D eigenvalue weighted by molar-refractivity contribution is 0.524. The fourth-order valence-corrected chi connectivity index (χ4v) is 3.34. The fraction of sp³-hybridized carbons (Fsp3) is 0.278. The zero-order valence-corrected chi connectivity index (χ0v) is 15.1. The van der Waals surface area contributed by atoms with Gasteiger partial charge in [-0.15, -0.1) is 17.3 Å². The van der Waals surface area contributed by atoms with Crippen LogP contribution < -0.4 is 11.1 Å². The number of anilines is 1. The Bertz CT molecular complexity index is 904. The molecule has 0 aliphatic carbocycles. The van der Waals surface area contributed by atoms with Crippen LogP contribution in [0.3, 0.4) is 0 Å². The van der Waals surface area contributed by atoms with E-state index >= 15 is 0 Å². The Kier molecular flexibility index (Phi) is 5.10. The molecule has 1 atom stereocenters. The van der Waals surface area contributed by atoms with Gasteiger partial charge in [0.25, 0.3) is 0 Å². The maximum atomic E-state index is 6.21. The van der Waals surface area contributed by atoms with Gasteiger partial charge in [0.15, 0.2) is 5.58 Å². The fourth-order valence-electron chi connectivity index (χ4n) is 2.50. The Morgan fingerprint density at radius 2 is 2.33 bits per heavy atom. The highest BCUT2D eigenvalue weighted by Gasteiger charge is 2.19. The van der Waals surface area contributed by atoms with Crippen LogP contribution in [0.15, 0.2) is 28.0 Å². The zero-order valence-electron chi connectivity index (χ0n) is 13.5. The van der Waals surface area contributed by atoms with Crippen molar-refractivity contribution < 1.29 is 4.42 Å². The predicted octanol–water partition coefficient (Wildman–Crippen LogP) is 4.42. The molecule has 0 unspecified atom stereocenters. The Morgan fingerprint density at radius 3 is 3.00 bits per heavy atom. The van der Waals surface area contributed by atoms with Gasteiger partial charge in [0.2, 0.25) is 0 Å². The molecule has 0 radical (unpaired) electrons. The zero-order chi connectivity index (χ0) is 17.1. The van der Waals surface area contributed by atoms with Crippen LogP contribution in [0.5, 0.6) is 0 Å². The van der Waals surface area contributed by atoms with Gasteiger partial charge in [0, 0.05) is 30.0 Å². The minimum Gasteiger partial charge on any atom is -0.456 e. The number of nitrogens with zero attached hydrogens (tertiary/aromatic N) is 1. The maximum absolute atomic E-state index is 6.21. The number of fused-ring (bicyclic) bond motifs is 1. The third kappa shape index (κ3) is 3.57. The lowest BCUT2D eigenvalue weighted by Gasteiger charge is -2.06. The number of furan rings is 1. The second-order valence-corrected chi connectivity index (χ2v) is 6.98. The molecule has 124 valence electrons. The molecule has 3 aromatic rings. The summed E-state index contributed by atoms with van der Waals surface area (Å²) in [7, 11) is 0. The molecule has 0 aliphatic heterocycles. The first kappa shape index (κ1) is 16.8. The second-order valence-electron chi connectivity index (χ2n) is 5.56. The SMILES string of the molecule is CC#Cc1c(C[C@H](C)N)oc2c(NCc3cccs3)cc(Cl)nc12. The predicted molar refractivity (Wildman–Crippen MR) is 101 cm³/mol. The smallest absolute Gasteiger partial charge is 0.177 e. The molecule has 0 bridgehead atoms. The van der Waals surface area contributed by atoms with Crippen molar-refractivity contribution in [3.05, 3.63) is 44.9 Å². The van der Waals surface area contributed by atoms with E-state index in [0.29, 0.717) is 29.2 Å². The third-order valence-corrected chi connectivity index (χ3v) is 4.54.